The van der Waals surface area contributed by atoms with Gasteiger partial charge in [0.25, 0.3) is 0 Å². The molecule has 6 heteroatoms. The molecule has 0 unspecified atom stereocenters. The number of aromatic nitrogens is 2. The van der Waals surface area contributed by atoms with Crippen molar-refractivity contribution in [3.8, 4) is 0 Å². The van der Waals surface area contributed by atoms with E-state index in [1.54, 1.807) is 12.1 Å². The topological polar surface area (TPSA) is 90.4 Å². The number of hydrogen-bond donors (Lipinski definition) is 2. The Kier molecular flexibility index (Phi) is 1.11. The maximum atomic E-state index is 10.9. The summed E-state index contributed by atoms with van der Waals surface area (Å²) in [7, 11) is 0. The number of carbonyl (C=O) groups excluding carboxylic acids is 1. The van der Waals surface area contributed by atoms with Gasteiger partial charge in [0.1, 0.15) is 0 Å². The second-order valence-electron chi connectivity index (χ2n) is 2.97. The molecule has 14 heavy (non-hydrogen) atoms. The van der Waals surface area contributed by atoms with Crippen molar-refractivity contribution < 1.29 is 4.79 Å². The highest BCUT2D eigenvalue weighted by Gasteiger charge is 2.07. The number of amides is 2. The predicted molar refractivity (Wildman–Crippen MR) is 46.6 cm³/mol. The zero-order chi connectivity index (χ0) is 9.71. The minimum absolute atomic E-state index is 0.282. The molecule has 0 atom stereocenters. The highest BCUT2D eigenvalue weighted by molar-refractivity contribution is 5.80. The van der Waals surface area contributed by atoms with Gasteiger partial charge in [-0.1, -0.05) is 0 Å². The molecule has 0 spiro atoms. The van der Waals surface area contributed by atoms with Gasteiger partial charge < -0.3 is 9.97 Å². The zero-order valence-corrected chi connectivity index (χ0v) is 6.87. The molecule has 1 aromatic heterocycles. The molecular weight excluding hydrogens is 184 g/mol. The maximum Gasteiger partial charge on any atom is 0.368 e. The molecule has 6 nitrogen and oxygen atoms in total. The lowest BCUT2D eigenvalue weighted by Crippen LogP contribution is -2.20. The second kappa shape index (κ2) is 2.16. The minimum Gasteiger partial charge on any atom is -0.306 e. The van der Waals surface area contributed by atoms with Gasteiger partial charge in [0.05, 0.1) is 21.7 Å². The van der Waals surface area contributed by atoms with Crippen molar-refractivity contribution >= 4 is 17.1 Å². The summed E-state index contributed by atoms with van der Waals surface area (Å²) in [6, 6.07) is 2.74. The first kappa shape index (κ1) is 7.19. The van der Waals surface area contributed by atoms with Crippen molar-refractivity contribution in [2.75, 3.05) is 0 Å². The lowest BCUT2D eigenvalue weighted by atomic mass is 10.3. The lowest BCUT2D eigenvalue weighted by molar-refractivity contribution is 0.256. The molecule has 0 saturated carbocycles. The summed E-state index contributed by atoms with van der Waals surface area (Å²) >= 11 is 0. The lowest BCUT2D eigenvalue weighted by Gasteiger charge is -1.84. The number of nitrogens with zero attached hydrogens (tertiary/aromatic N) is 2. The van der Waals surface area contributed by atoms with Crippen molar-refractivity contribution in [2.24, 2.45) is 9.98 Å². The highest BCUT2D eigenvalue weighted by Crippen LogP contribution is 1.99. The standard InChI is InChI=1S/C8H4N4O2/c13-7-9-3-1-4-6(2-5(3)11-7)12-8(14)10-4/h1-2H,(H2,9,11,13). The van der Waals surface area contributed by atoms with Crippen LogP contribution in [0.2, 0.25) is 0 Å². The van der Waals surface area contributed by atoms with E-state index in [4.69, 9.17) is 0 Å². The van der Waals surface area contributed by atoms with Gasteiger partial charge in [0, 0.05) is 0 Å². The molecule has 68 valence electrons. The van der Waals surface area contributed by atoms with Crippen molar-refractivity contribution in [3.63, 3.8) is 0 Å². The highest BCUT2D eigenvalue weighted by atomic mass is 16.2. The second-order valence-corrected chi connectivity index (χ2v) is 2.97. The van der Waals surface area contributed by atoms with Crippen molar-refractivity contribution in [1.82, 2.24) is 9.97 Å². The fourth-order valence-corrected chi connectivity index (χ4v) is 1.47. The fraction of sp³-hybridized carbons (Fsp3) is 0. The molecule has 1 aliphatic rings. The summed E-state index contributed by atoms with van der Waals surface area (Å²) in [6.07, 6.45) is 0. The Labute approximate surface area is 76.0 Å². The normalized spacial score (nSPS) is 13.9. The number of fused-ring (bicyclic) bond motifs is 2. The van der Waals surface area contributed by atoms with E-state index in [0.717, 1.165) is 0 Å². The Morgan fingerprint density at radius 2 is 1.43 bits per heavy atom. The molecule has 0 radical (unpaired) electrons. The van der Waals surface area contributed by atoms with Gasteiger partial charge in [0.2, 0.25) is 0 Å². The van der Waals surface area contributed by atoms with E-state index in [1.807, 2.05) is 0 Å². The number of aromatic amines is 2. The van der Waals surface area contributed by atoms with Gasteiger partial charge in [-0.05, 0) is 12.1 Å². The number of rotatable bonds is 0. The van der Waals surface area contributed by atoms with Crippen LogP contribution in [0.25, 0.3) is 11.0 Å². The Hall–Kier alpha value is -2.24. The van der Waals surface area contributed by atoms with E-state index in [9.17, 15) is 9.59 Å². The third-order valence-electron chi connectivity index (χ3n) is 2.04. The number of benzene rings is 1. The van der Waals surface area contributed by atoms with E-state index < -0.39 is 6.03 Å². The Morgan fingerprint density at radius 1 is 0.929 bits per heavy atom. The van der Waals surface area contributed by atoms with Crippen LogP contribution in [-0.2, 0) is 0 Å². The van der Waals surface area contributed by atoms with E-state index in [2.05, 4.69) is 20.0 Å². The SMILES string of the molecule is O=C1N=c2cc3[nH]c(=O)[nH]c3cc2=N1. The molecule has 2 heterocycles. The predicted octanol–water partition coefficient (Wildman–Crippen LogP) is -0.771. The summed E-state index contributed by atoms with van der Waals surface area (Å²) in [4.78, 5) is 34.3. The molecule has 0 aliphatic carbocycles. The van der Waals surface area contributed by atoms with Gasteiger partial charge in [-0.3, -0.25) is 0 Å². The molecule has 2 aromatic rings. The minimum atomic E-state index is -0.505. The molecule has 1 aliphatic heterocycles. The largest absolute Gasteiger partial charge is 0.368 e. The third-order valence-corrected chi connectivity index (χ3v) is 2.04. The maximum absolute atomic E-state index is 10.9. The molecular formula is C8H4N4O2. The first-order valence-electron chi connectivity index (χ1n) is 3.96. The van der Waals surface area contributed by atoms with Crippen LogP contribution >= 0.6 is 0 Å². The summed E-state index contributed by atoms with van der Waals surface area (Å²) < 4.78 is 0. The quantitative estimate of drug-likeness (QED) is 0.568. The van der Waals surface area contributed by atoms with Crippen LogP contribution in [0, 0.1) is 0 Å². The van der Waals surface area contributed by atoms with Gasteiger partial charge >= 0.3 is 11.7 Å². The van der Waals surface area contributed by atoms with Crippen LogP contribution in [0.3, 0.4) is 0 Å². The van der Waals surface area contributed by atoms with Crippen LogP contribution in [0.15, 0.2) is 26.9 Å². The fourth-order valence-electron chi connectivity index (χ4n) is 1.47. The van der Waals surface area contributed by atoms with Crippen molar-refractivity contribution in [1.29, 1.82) is 0 Å². The molecule has 3 rings (SSSR count). The van der Waals surface area contributed by atoms with Gasteiger partial charge in [-0.2, -0.15) is 9.98 Å². The van der Waals surface area contributed by atoms with Crippen LogP contribution < -0.4 is 16.4 Å². The molecule has 0 bridgehead atoms. The van der Waals surface area contributed by atoms with Crippen molar-refractivity contribution in [3.05, 3.63) is 33.3 Å². The number of urea groups is 1. The first-order chi connectivity index (χ1) is 6.72. The molecule has 2 amide bonds. The smallest absolute Gasteiger partial charge is 0.306 e. The number of carbonyl (C=O) groups is 1. The average molecular weight is 188 g/mol. The Bertz CT molecular complexity index is 664. The number of H-pyrrole nitrogens is 2. The van der Waals surface area contributed by atoms with Crippen LogP contribution in [-0.4, -0.2) is 16.0 Å². The van der Waals surface area contributed by atoms with Gasteiger partial charge in [-0.25, -0.2) is 9.59 Å². The van der Waals surface area contributed by atoms with E-state index in [-0.39, 0.29) is 5.69 Å². The van der Waals surface area contributed by atoms with Crippen LogP contribution in [0.1, 0.15) is 0 Å². The average Bonchev–Trinajstić information content (AvgIpc) is 2.59. The molecule has 1 aromatic carbocycles. The Balaban J connectivity index is 2.60. The summed E-state index contributed by atoms with van der Waals surface area (Å²) in [5, 5.41) is 0.996. The van der Waals surface area contributed by atoms with Gasteiger partial charge in [-0.15, -0.1) is 0 Å². The number of nitrogens with one attached hydrogen (secondary N) is 2. The monoisotopic (exact) mass is 188 g/mol. The van der Waals surface area contributed by atoms with Crippen LogP contribution in [0.4, 0.5) is 4.79 Å². The summed E-state index contributed by atoms with van der Waals surface area (Å²) in [5.74, 6) is 0. The summed E-state index contributed by atoms with van der Waals surface area (Å²) in [6.45, 7) is 0. The first-order valence-corrected chi connectivity index (χ1v) is 3.96. The van der Waals surface area contributed by atoms with Crippen LogP contribution in [0.5, 0.6) is 0 Å². The summed E-state index contributed by atoms with van der Waals surface area (Å²) in [5.41, 5.74) is 0.972. The molecule has 0 fully saturated rings. The Morgan fingerprint density at radius 3 is 1.93 bits per heavy atom. The number of hydrogen-bond acceptors (Lipinski definition) is 2. The zero-order valence-electron chi connectivity index (χ0n) is 6.87. The number of imidazole rings is 1. The molecule has 2 N–H and O–H groups in total. The van der Waals surface area contributed by atoms with Crippen molar-refractivity contribution in [2.45, 2.75) is 0 Å². The van der Waals surface area contributed by atoms with Gasteiger partial charge in [0.15, 0.2) is 0 Å². The molecule has 0 saturated heterocycles. The third kappa shape index (κ3) is 0.846. The van der Waals surface area contributed by atoms with E-state index in [1.165, 1.54) is 0 Å². The van der Waals surface area contributed by atoms with E-state index in [0.29, 0.717) is 21.7 Å². The van der Waals surface area contributed by atoms with E-state index >= 15 is 0 Å².